The second-order valence-electron chi connectivity index (χ2n) is 5.29. The summed E-state index contributed by atoms with van der Waals surface area (Å²) in [5, 5.41) is 1.00. The first-order chi connectivity index (χ1) is 10.8. The molecule has 1 aliphatic heterocycles. The fourth-order valence-electron chi connectivity index (χ4n) is 2.67. The monoisotopic (exact) mass is 312 g/mol. The number of nitrogens with zero attached hydrogens (tertiary/aromatic N) is 4. The molecule has 3 heterocycles. The number of ether oxygens (including phenoxy) is 1. The quantitative estimate of drug-likeness (QED) is 0.871. The fourth-order valence-corrected chi connectivity index (χ4v) is 3.74. The maximum Gasteiger partial charge on any atom is 0.316 e. The molecule has 0 spiro atoms. The summed E-state index contributed by atoms with van der Waals surface area (Å²) in [6.07, 6.45) is 12.0. The van der Waals surface area contributed by atoms with Crippen LogP contribution in [0.2, 0.25) is 0 Å². The number of fused-ring (bicyclic) bond motifs is 1. The van der Waals surface area contributed by atoms with Gasteiger partial charge in [0.25, 0.3) is 0 Å². The Labute approximate surface area is 133 Å². The Hall–Kier alpha value is -2.21. The van der Waals surface area contributed by atoms with Crippen molar-refractivity contribution in [3.8, 4) is 16.6 Å². The topological polar surface area (TPSA) is 51.1 Å². The summed E-state index contributed by atoms with van der Waals surface area (Å²) in [5.74, 6) is 0. The Morgan fingerprint density at radius 1 is 1.18 bits per heavy atom. The van der Waals surface area contributed by atoms with E-state index in [-0.39, 0.29) is 0 Å². The Morgan fingerprint density at radius 2 is 1.95 bits per heavy atom. The standard InChI is InChI=1S/C16H16N4OS/c1-21-16-17-9-11(10-18-16)15-19-13-5-7-20(12-3-2-4-12)8-6-14(13)22-15/h2-4,9-10H,5-8H2,1H3. The average Bonchev–Trinajstić information content (AvgIpc) is 2.82. The van der Waals surface area contributed by atoms with E-state index < -0.39 is 0 Å². The molecule has 4 rings (SSSR count). The minimum Gasteiger partial charge on any atom is -0.467 e. The molecule has 6 heteroatoms. The van der Waals surface area contributed by atoms with Crippen LogP contribution in [0.25, 0.3) is 10.6 Å². The molecule has 5 nitrogen and oxygen atoms in total. The van der Waals surface area contributed by atoms with Crippen molar-refractivity contribution < 1.29 is 4.74 Å². The Balaban J connectivity index is 1.54. The summed E-state index contributed by atoms with van der Waals surface area (Å²) in [6.45, 7) is 2.09. The highest BCUT2D eigenvalue weighted by Gasteiger charge is 2.20. The third-order valence-corrected chi connectivity index (χ3v) is 5.17. The van der Waals surface area contributed by atoms with Gasteiger partial charge in [0.15, 0.2) is 0 Å². The predicted octanol–water partition coefficient (Wildman–Crippen LogP) is 2.46. The van der Waals surface area contributed by atoms with E-state index in [9.17, 15) is 0 Å². The van der Waals surface area contributed by atoms with Crippen LogP contribution in [0.3, 0.4) is 0 Å². The third kappa shape index (κ3) is 2.39. The van der Waals surface area contributed by atoms with Crippen LogP contribution in [-0.4, -0.2) is 40.1 Å². The van der Waals surface area contributed by atoms with Crippen molar-refractivity contribution in [3.63, 3.8) is 0 Å². The van der Waals surface area contributed by atoms with Crippen LogP contribution < -0.4 is 4.74 Å². The molecular formula is C16H16N4OS. The number of aromatic nitrogens is 3. The van der Waals surface area contributed by atoms with Crippen LogP contribution in [0.15, 0.2) is 36.3 Å². The predicted molar refractivity (Wildman–Crippen MR) is 85.9 cm³/mol. The van der Waals surface area contributed by atoms with Gasteiger partial charge in [0, 0.05) is 54.5 Å². The lowest BCUT2D eigenvalue weighted by Gasteiger charge is -2.26. The highest BCUT2D eigenvalue weighted by atomic mass is 32.1. The molecule has 0 bridgehead atoms. The summed E-state index contributed by atoms with van der Waals surface area (Å²) in [4.78, 5) is 17.0. The molecule has 22 heavy (non-hydrogen) atoms. The lowest BCUT2D eigenvalue weighted by molar-refractivity contribution is 0.369. The zero-order chi connectivity index (χ0) is 14.9. The normalized spacial score (nSPS) is 16.6. The van der Waals surface area contributed by atoms with E-state index in [1.54, 1.807) is 30.8 Å². The van der Waals surface area contributed by atoms with Gasteiger partial charge in [-0.15, -0.1) is 11.3 Å². The zero-order valence-electron chi connectivity index (χ0n) is 12.3. The SMILES string of the molecule is COc1ncc(-c2nc3c(s2)CCN(C2=CC=C2)CC3)cn1. The fraction of sp³-hybridized carbons (Fsp3) is 0.312. The van der Waals surface area contributed by atoms with Gasteiger partial charge in [-0.25, -0.2) is 15.0 Å². The van der Waals surface area contributed by atoms with Crippen molar-refractivity contribution in [2.24, 2.45) is 0 Å². The Bertz CT molecular complexity index is 723. The van der Waals surface area contributed by atoms with Gasteiger partial charge in [0.05, 0.1) is 12.8 Å². The van der Waals surface area contributed by atoms with E-state index in [2.05, 4.69) is 33.1 Å². The summed E-state index contributed by atoms with van der Waals surface area (Å²) >= 11 is 1.76. The lowest BCUT2D eigenvalue weighted by Crippen LogP contribution is -2.26. The third-order valence-electron chi connectivity index (χ3n) is 3.96. The van der Waals surface area contributed by atoms with Gasteiger partial charge in [-0.3, -0.25) is 0 Å². The maximum absolute atomic E-state index is 5.00. The number of hydrogen-bond donors (Lipinski definition) is 0. The van der Waals surface area contributed by atoms with Crippen molar-refractivity contribution in [3.05, 3.63) is 46.9 Å². The van der Waals surface area contributed by atoms with Gasteiger partial charge in [-0.2, -0.15) is 0 Å². The van der Waals surface area contributed by atoms with Crippen LogP contribution in [0.1, 0.15) is 10.6 Å². The Morgan fingerprint density at radius 3 is 2.64 bits per heavy atom. The van der Waals surface area contributed by atoms with E-state index in [1.165, 1.54) is 16.3 Å². The first-order valence-corrected chi connectivity index (χ1v) is 8.13. The molecule has 2 aliphatic rings. The molecule has 0 amide bonds. The molecule has 112 valence electrons. The number of hydrogen-bond acceptors (Lipinski definition) is 6. The second kappa shape index (κ2) is 5.53. The van der Waals surface area contributed by atoms with Gasteiger partial charge in [0.2, 0.25) is 0 Å². The van der Waals surface area contributed by atoms with E-state index >= 15 is 0 Å². The molecular weight excluding hydrogens is 296 g/mol. The van der Waals surface area contributed by atoms with Crippen molar-refractivity contribution in [1.82, 2.24) is 19.9 Å². The van der Waals surface area contributed by atoms with Gasteiger partial charge < -0.3 is 9.64 Å². The number of rotatable bonds is 3. The summed E-state index contributed by atoms with van der Waals surface area (Å²) < 4.78 is 5.00. The molecule has 0 unspecified atom stereocenters. The zero-order valence-corrected chi connectivity index (χ0v) is 13.1. The van der Waals surface area contributed by atoms with Crippen LogP contribution in [0, 0.1) is 0 Å². The molecule has 1 aliphatic carbocycles. The highest BCUT2D eigenvalue weighted by Crippen LogP contribution is 2.31. The van der Waals surface area contributed by atoms with Gasteiger partial charge in [0.1, 0.15) is 5.01 Å². The molecule has 2 aromatic heterocycles. The average molecular weight is 312 g/mol. The first kappa shape index (κ1) is 13.5. The van der Waals surface area contributed by atoms with Crippen molar-refractivity contribution in [2.45, 2.75) is 12.8 Å². The second-order valence-corrected chi connectivity index (χ2v) is 6.37. The van der Waals surface area contributed by atoms with Crippen LogP contribution in [0.5, 0.6) is 6.01 Å². The van der Waals surface area contributed by atoms with E-state index in [0.717, 1.165) is 36.5 Å². The number of allylic oxidation sites excluding steroid dienone is 3. The van der Waals surface area contributed by atoms with Gasteiger partial charge in [-0.1, -0.05) is 6.08 Å². The van der Waals surface area contributed by atoms with Crippen molar-refractivity contribution in [2.75, 3.05) is 20.2 Å². The molecule has 0 fully saturated rings. The summed E-state index contributed by atoms with van der Waals surface area (Å²) in [6, 6.07) is 0.388. The van der Waals surface area contributed by atoms with Crippen molar-refractivity contribution in [1.29, 1.82) is 0 Å². The minimum absolute atomic E-state index is 0.388. The summed E-state index contributed by atoms with van der Waals surface area (Å²) in [5.41, 5.74) is 3.53. The highest BCUT2D eigenvalue weighted by molar-refractivity contribution is 7.15. The molecule has 0 saturated heterocycles. The lowest BCUT2D eigenvalue weighted by atomic mass is 10.2. The minimum atomic E-state index is 0.388. The van der Waals surface area contributed by atoms with Crippen LogP contribution in [0.4, 0.5) is 0 Å². The number of methoxy groups -OCH3 is 1. The van der Waals surface area contributed by atoms with E-state index in [4.69, 9.17) is 9.72 Å². The van der Waals surface area contributed by atoms with E-state index in [1.807, 2.05) is 0 Å². The number of thiazole rings is 1. The van der Waals surface area contributed by atoms with Crippen molar-refractivity contribution >= 4 is 11.3 Å². The first-order valence-electron chi connectivity index (χ1n) is 7.32. The molecule has 0 aromatic carbocycles. The molecule has 0 radical (unpaired) electrons. The van der Waals surface area contributed by atoms with Gasteiger partial charge in [-0.05, 0) is 12.2 Å². The molecule has 0 saturated carbocycles. The van der Waals surface area contributed by atoms with Crippen LogP contribution >= 0.6 is 11.3 Å². The summed E-state index contributed by atoms with van der Waals surface area (Å²) in [7, 11) is 1.57. The van der Waals surface area contributed by atoms with Crippen LogP contribution in [-0.2, 0) is 12.8 Å². The van der Waals surface area contributed by atoms with E-state index in [0.29, 0.717) is 6.01 Å². The molecule has 0 atom stereocenters. The molecule has 2 aromatic rings. The molecule has 0 N–H and O–H groups in total. The Kier molecular flexibility index (Phi) is 3.38. The van der Waals surface area contributed by atoms with Gasteiger partial charge >= 0.3 is 6.01 Å². The largest absolute Gasteiger partial charge is 0.467 e. The maximum atomic E-state index is 5.00. The smallest absolute Gasteiger partial charge is 0.316 e.